The molecule has 0 spiro atoms. The van der Waals surface area contributed by atoms with Crippen molar-refractivity contribution in [2.45, 2.75) is 72.6 Å². The molecule has 5 aromatic rings. The van der Waals surface area contributed by atoms with Gasteiger partial charge in [0.2, 0.25) is 5.91 Å². The summed E-state index contributed by atoms with van der Waals surface area (Å²) in [4.78, 5) is 43.9. The number of rotatable bonds is 9. The van der Waals surface area contributed by atoms with Gasteiger partial charge in [0.15, 0.2) is 0 Å². The Balaban J connectivity index is 1.11. The molecule has 2 amide bonds. The molecular formula is C40H46N6O3. The number of carbonyl (C=O) groups is 2. The topological polar surface area (TPSA) is 116 Å². The van der Waals surface area contributed by atoms with Crippen LogP contribution in [0.1, 0.15) is 77.6 Å². The first-order valence-electron chi connectivity index (χ1n) is 17.0. The molecule has 6 rings (SSSR count). The minimum Gasteiger partial charge on any atom is -0.445 e. The number of imidazole rings is 2. The SMILES string of the molecule is CC(C)[C@@](C)(NC(=O)C(C)(C)C)c1ncc(-c2ccc(-c3ccc(-c4cnc([C@@H]5CCCN5C(=O)OCc5ccccc5)[nH]4)cc3)cc2)[nH]1. The van der Waals surface area contributed by atoms with Crippen LogP contribution in [0.4, 0.5) is 4.79 Å². The van der Waals surface area contributed by atoms with Gasteiger partial charge in [-0.15, -0.1) is 0 Å². The molecule has 0 bridgehead atoms. The molecular weight excluding hydrogens is 612 g/mol. The Hall–Kier alpha value is -5.18. The van der Waals surface area contributed by atoms with Crippen molar-refractivity contribution in [2.24, 2.45) is 11.3 Å². The summed E-state index contributed by atoms with van der Waals surface area (Å²) in [5.41, 5.74) is 5.86. The Kier molecular flexibility index (Phi) is 9.45. The second-order valence-electron chi connectivity index (χ2n) is 14.4. The summed E-state index contributed by atoms with van der Waals surface area (Å²) in [6.45, 7) is 12.8. The van der Waals surface area contributed by atoms with E-state index in [-0.39, 0.29) is 30.6 Å². The highest BCUT2D eigenvalue weighted by Crippen LogP contribution is 2.34. The molecule has 1 aliphatic rings. The van der Waals surface area contributed by atoms with Crippen molar-refractivity contribution >= 4 is 12.0 Å². The fourth-order valence-electron chi connectivity index (χ4n) is 6.04. The van der Waals surface area contributed by atoms with Gasteiger partial charge in [0.25, 0.3) is 0 Å². The van der Waals surface area contributed by atoms with E-state index in [0.717, 1.165) is 63.7 Å². The highest BCUT2D eigenvalue weighted by atomic mass is 16.6. The molecule has 3 aromatic carbocycles. The molecule has 1 fully saturated rings. The summed E-state index contributed by atoms with van der Waals surface area (Å²) in [7, 11) is 0. The molecule has 0 saturated carbocycles. The first-order chi connectivity index (χ1) is 23.4. The number of hydrogen-bond donors (Lipinski definition) is 3. The highest BCUT2D eigenvalue weighted by Gasteiger charge is 2.38. The van der Waals surface area contributed by atoms with Crippen molar-refractivity contribution in [3.8, 4) is 33.6 Å². The highest BCUT2D eigenvalue weighted by molar-refractivity contribution is 5.82. The summed E-state index contributed by atoms with van der Waals surface area (Å²) < 4.78 is 5.61. The van der Waals surface area contributed by atoms with Gasteiger partial charge in [-0.05, 0) is 53.5 Å². The van der Waals surface area contributed by atoms with E-state index >= 15 is 0 Å². The zero-order chi connectivity index (χ0) is 34.8. The van der Waals surface area contributed by atoms with Gasteiger partial charge in [-0.25, -0.2) is 14.8 Å². The second kappa shape index (κ2) is 13.7. The summed E-state index contributed by atoms with van der Waals surface area (Å²) in [5, 5.41) is 3.23. The predicted molar refractivity (Wildman–Crippen MR) is 192 cm³/mol. The molecule has 1 aliphatic heterocycles. The Labute approximate surface area is 288 Å². The minimum atomic E-state index is -0.634. The van der Waals surface area contributed by atoms with Gasteiger partial charge in [-0.2, -0.15) is 0 Å². The Morgan fingerprint density at radius 2 is 1.41 bits per heavy atom. The fourth-order valence-corrected chi connectivity index (χ4v) is 6.04. The van der Waals surface area contributed by atoms with Crippen LogP contribution >= 0.6 is 0 Å². The van der Waals surface area contributed by atoms with E-state index in [1.165, 1.54) is 0 Å². The monoisotopic (exact) mass is 658 g/mol. The van der Waals surface area contributed by atoms with E-state index in [9.17, 15) is 9.59 Å². The number of aromatic nitrogens is 4. The van der Waals surface area contributed by atoms with Gasteiger partial charge < -0.3 is 20.0 Å². The molecule has 0 radical (unpaired) electrons. The van der Waals surface area contributed by atoms with E-state index in [0.29, 0.717) is 6.54 Å². The van der Waals surface area contributed by atoms with E-state index in [2.05, 4.69) is 82.6 Å². The lowest BCUT2D eigenvalue weighted by Gasteiger charge is -2.35. The van der Waals surface area contributed by atoms with Gasteiger partial charge in [0, 0.05) is 12.0 Å². The summed E-state index contributed by atoms with van der Waals surface area (Å²) in [6, 6.07) is 26.3. The van der Waals surface area contributed by atoms with Crippen molar-refractivity contribution in [2.75, 3.05) is 6.54 Å². The van der Waals surface area contributed by atoms with Gasteiger partial charge >= 0.3 is 6.09 Å². The van der Waals surface area contributed by atoms with E-state index in [1.54, 1.807) is 4.90 Å². The number of carbonyl (C=O) groups excluding carboxylic acids is 2. The number of likely N-dealkylation sites (tertiary alicyclic amines) is 1. The van der Waals surface area contributed by atoms with Crippen LogP contribution < -0.4 is 5.32 Å². The maximum atomic E-state index is 12.9. The summed E-state index contributed by atoms with van der Waals surface area (Å²) >= 11 is 0. The number of aromatic amines is 2. The molecule has 254 valence electrons. The summed E-state index contributed by atoms with van der Waals surface area (Å²) in [6.07, 6.45) is 5.10. The maximum Gasteiger partial charge on any atom is 0.410 e. The number of H-pyrrole nitrogens is 2. The molecule has 3 heterocycles. The van der Waals surface area contributed by atoms with Gasteiger partial charge in [-0.1, -0.05) is 113 Å². The second-order valence-corrected chi connectivity index (χ2v) is 14.4. The predicted octanol–water partition coefficient (Wildman–Crippen LogP) is 8.64. The van der Waals surface area contributed by atoms with Crippen LogP contribution in [-0.2, 0) is 21.7 Å². The van der Waals surface area contributed by atoms with E-state index < -0.39 is 11.0 Å². The van der Waals surface area contributed by atoms with Crippen LogP contribution in [0.15, 0.2) is 91.3 Å². The number of hydrogen-bond acceptors (Lipinski definition) is 5. The van der Waals surface area contributed by atoms with Crippen LogP contribution in [0.5, 0.6) is 0 Å². The normalized spacial score (nSPS) is 16.1. The van der Waals surface area contributed by atoms with Crippen molar-refractivity contribution in [1.82, 2.24) is 30.2 Å². The van der Waals surface area contributed by atoms with Gasteiger partial charge in [0.1, 0.15) is 18.3 Å². The smallest absolute Gasteiger partial charge is 0.410 e. The molecule has 0 unspecified atom stereocenters. The van der Waals surface area contributed by atoms with Crippen LogP contribution in [0, 0.1) is 11.3 Å². The zero-order valence-corrected chi connectivity index (χ0v) is 29.2. The zero-order valence-electron chi connectivity index (χ0n) is 29.2. The van der Waals surface area contributed by atoms with Crippen molar-refractivity contribution in [3.05, 3.63) is 108 Å². The average Bonchev–Trinajstić information content (AvgIpc) is 3.89. The Morgan fingerprint density at radius 1 is 0.837 bits per heavy atom. The van der Waals surface area contributed by atoms with Crippen LogP contribution in [0.2, 0.25) is 0 Å². The number of ether oxygens (including phenoxy) is 1. The first-order valence-corrected chi connectivity index (χ1v) is 17.0. The summed E-state index contributed by atoms with van der Waals surface area (Å²) in [5.74, 6) is 1.63. The number of benzene rings is 3. The average molecular weight is 659 g/mol. The Morgan fingerprint density at radius 3 is 2.00 bits per heavy atom. The van der Waals surface area contributed by atoms with Crippen molar-refractivity contribution < 1.29 is 14.3 Å². The largest absolute Gasteiger partial charge is 0.445 e. The molecule has 9 nitrogen and oxygen atoms in total. The van der Waals surface area contributed by atoms with Crippen LogP contribution in [0.3, 0.4) is 0 Å². The van der Waals surface area contributed by atoms with Crippen LogP contribution in [0.25, 0.3) is 33.6 Å². The minimum absolute atomic E-state index is 0.0119. The third-order valence-corrected chi connectivity index (χ3v) is 9.61. The third-order valence-electron chi connectivity index (χ3n) is 9.61. The Bertz CT molecular complexity index is 1890. The molecule has 2 aromatic heterocycles. The number of amides is 2. The molecule has 3 N–H and O–H groups in total. The lowest BCUT2D eigenvalue weighted by molar-refractivity contribution is -0.131. The molecule has 2 atom stereocenters. The molecule has 0 aliphatic carbocycles. The molecule has 9 heteroatoms. The maximum absolute atomic E-state index is 12.9. The lowest BCUT2D eigenvalue weighted by atomic mass is 9.85. The van der Waals surface area contributed by atoms with Gasteiger partial charge in [-0.3, -0.25) is 9.69 Å². The van der Waals surface area contributed by atoms with Gasteiger partial charge in [0.05, 0.1) is 35.4 Å². The number of nitrogens with zero attached hydrogens (tertiary/aromatic N) is 3. The standard InChI is InChI=1S/C40H46N6O3/c1-26(2)40(6,45-37(47)39(3,4)5)36-42-24-33(44-36)31-20-16-29(17-21-31)28-14-18-30(19-15-28)32-23-41-35(43-32)34-13-10-22-46(34)38(48)49-25-27-11-8-7-9-12-27/h7-9,11-12,14-21,23-24,26,34H,10,13,22,25H2,1-6H3,(H,41,43)(H,42,44)(H,45,47)/t34-,40+/m0/s1. The number of nitrogens with one attached hydrogen (secondary N) is 3. The van der Waals surface area contributed by atoms with Crippen molar-refractivity contribution in [1.29, 1.82) is 0 Å². The third kappa shape index (κ3) is 7.31. The van der Waals surface area contributed by atoms with E-state index in [1.807, 2.05) is 70.4 Å². The van der Waals surface area contributed by atoms with Crippen molar-refractivity contribution in [3.63, 3.8) is 0 Å². The van der Waals surface area contributed by atoms with Crippen LogP contribution in [-0.4, -0.2) is 43.4 Å². The molecule has 49 heavy (non-hydrogen) atoms. The molecule has 1 saturated heterocycles. The quantitative estimate of drug-likeness (QED) is 0.147. The lowest BCUT2D eigenvalue weighted by Crippen LogP contribution is -2.51. The van der Waals surface area contributed by atoms with E-state index in [4.69, 9.17) is 9.72 Å². The first kappa shape index (κ1) is 33.7. The fraction of sp³-hybridized carbons (Fsp3) is 0.350.